The second kappa shape index (κ2) is 3.85. The lowest BCUT2D eigenvalue weighted by atomic mass is 10.2. The van der Waals surface area contributed by atoms with E-state index in [0.717, 1.165) is 6.21 Å². The highest BCUT2D eigenvalue weighted by atomic mass is 19.1. The van der Waals surface area contributed by atoms with E-state index in [1.165, 1.54) is 6.07 Å². The highest BCUT2D eigenvalue weighted by Crippen LogP contribution is 2.15. The van der Waals surface area contributed by atoms with Crippen LogP contribution in [0.15, 0.2) is 18.2 Å². The molecule has 0 saturated carbocycles. The molecule has 0 bridgehead atoms. The fourth-order valence-corrected chi connectivity index (χ4v) is 0.801. The maximum absolute atomic E-state index is 12.9. The number of benzene rings is 1. The Morgan fingerprint density at radius 2 is 2.33 bits per heavy atom. The highest BCUT2D eigenvalue weighted by Gasteiger charge is 1.98. The SMILES string of the molecule is Cc1ccc(OCC=N)cc1F. The molecule has 0 saturated heterocycles. The molecule has 1 N–H and O–H groups in total. The molecule has 3 heteroatoms. The smallest absolute Gasteiger partial charge is 0.129 e. The van der Waals surface area contributed by atoms with Gasteiger partial charge in [0, 0.05) is 12.3 Å². The van der Waals surface area contributed by atoms with Crippen molar-refractivity contribution in [2.24, 2.45) is 0 Å². The molecule has 0 atom stereocenters. The molecule has 0 aliphatic rings. The van der Waals surface area contributed by atoms with Crippen molar-refractivity contribution in [1.82, 2.24) is 0 Å². The van der Waals surface area contributed by atoms with Crippen LogP contribution in [0.4, 0.5) is 4.39 Å². The maximum Gasteiger partial charge on any atom is 0.129 e. The Morgan fingerprint density at radius 1 is 1.58 bits per heavy atom. The number of halogens is 1. The molecule has 1 aromatic rings. The normalized spacial score (nSPS) is 9.50. The maximum atomic E-state index is 12.9. The third-order valence-corrected chi connectivity index (χ3v) is 1.48. The summed E-state index contributed by atoms with van der Waals surface area (Å²) in [7, 11) is 0. The molecule has 12 heavy (non-hydrogen) atoms. The predicted octanol–water partition coefficient (Wildman–Crippen LogP) is 2.16. The third kappa shape index (κ3) is 2.05. The lowest BCUT2D eigenvalue weighted by Crippen LogP contribution is -1.97. The number of hydrogen-bond acceptors (Lipinski definition) is 2. The number of aryl methyl sites for hydroxylation is 1. The van der Waals surface area contributed by atoms with E-state index in [9.17, 15) is 4.39 Å². The van der Waals surface area contributed by atoms with Crippen molar-refractivity contribution >= 4 is 6.21 Å². The van der Waals surface area contributed by atoms with Crippen molar-refractivity contribution in [3.05, 3.63) is 29.6 Å². The first-order valence-corrected chi connectivity index (χ1v) is 3.62. The minimum absolute atomic E-state index is 0.183. The van der Waals surface area contributed by atoms with Crippen molar-refractivity contribution in [2.45, 2.75) is 6.92 Å². The minimum Gasteiger partial charge on any atom is -0.488 e. The van der Waals surface area contributed by atoms with E-state index in [2.05, 4.69) is 0 Å². The Bertz CT molecular complexity index is 286. The van der Waals surface area contributed by atoms with Crippen LogP contribution in [-0.2, 0) is 0 Å². The Hall–Kier alpha value is -1.38. The molecule has 0 amide bonds. The van der Waals surface area contributed by atoms with Gasteiger partial charge in [-0.25, -0.2) is 4.39 Å². The van der Waals surface area contributed by atoms with Gasteiger partial charge in [0.25, 0.3) is 0 Å². The Balaban J connectivity index is 2.75. The van der Waals surface area contributed by atoms with Gasteiger partial charge in [-0.1, -0.05) is 6.07 Å². The zero-order chi connectivity index (χ0) is 8.97. The summed E-state index contributed by atoms with van der Waals surface area (Å²) >= 11 is 0. The van der Waals surface area contributed by atoms with E-state index in [1.807, 2.05) is 0 Å². The van der Waals surface area contributed by atoms with E-state index >= 15 is 0 Å². The van der Waals surface area contributed by atoms with E-state index < -0.39 is 0 Å². The first-order valence-electron chi connectivity index (χ1n) is 3.62. The Kier molecular flexibility index (Phi) is 2.80. The number of hydrogen-bond donors (Lipinski definition) is 1. The number of ether oxygens (including phenoxy) is 1. The molecule has 0 fully saturated rings. The highest BCUT2D eigenvalue weighted by molar-refractivity contribution is 5.54. The first-order chi connectivity index (χ1) is 5.74. The number of rotatable bonds is 3. The molecule has 0 unspecified atom stereocenters. The molecule has 0 aromatic heterocycles. The van der Waals surface area contributed by atoms with Crippen molar-refractivity contribution in [3.63, 3.8) is 0 Å². The van der Waals surface area contributed by atoms with Crippen LogP contribution in [0.1, 0.15) is 5.56 Å². The van der Waals surface area contributed by atoms with Crippen LogP contribution in [0.25, 0.3) is 0 Å². The predicted molar refractivity (Wildman–Crippen MR) is 45.4 cm³/mol. The molecule has 0 aliphatic carbocycles. The zero-order valence-electron chi connectivity index (χ0n) is 6.80. The van der Waals surface area contributed by atoms with Gasteiger partial charge in [0.15, 0.2) is 0 Å². The van der Waals surface area contributed by atoms with Gasteiger partial charge >= 0.3 is 0 Å². The van der Waals surface area contributed by atoms with Crippen LogP contribution >= 0.6 is 0 Å². The van der Waals surface area contributed by atoms with Crippen molar-refractivity contribution in [3.8, 4) is 5.75 Å². The van der Waals surface area contributed by atoms with E-state index in [-0.39, 0.29) is 12.4 Å². The van der Waals surface area contributed by atoms with Crippen LogP contribution in [0.2, 0.25) is 0 Å². The molecule has 1 aromatic carbocycles. The second-order valence-electron chi connectivity index (χ2n) is 2.43. The molecule has 0 aliphatic heterocycles. The van der Waals surface area contributed by atoms with Crippen LogP contribution in [0, 0.1) is 18.2 Å². The first kappa shape index (κ1) is 8.71. The molecule has 0 spiro atoms. The lowest BCUT2D eigenvalue weighted by Gasteiger charge is -2.03. The molecular formula is C9H10FNO. The number of nitrogens with one attached hydrogen (secondary N) is 1. The quantitative estimate of drug-likeness (QED) is 0.687. The van der Waals surface area contributed by atoms with E-state index in [1.54, 1.807) is 19.1 Å². The standard InChI is InChI=1S/C9H10FNO/c1-7-2-3-8(6-9(7)10)12-5-4-11/h2-4,6,11H,5H2,1H3. The molecule has 0 heterocycles. The Labute approximate surface area is 70.5 Å². The monoisotopic (exact) mass is 167 g/mol. The van der Waals surface area contributed by atoms with Gasteiger partial charge in [0.2, 0.25) is 0 Å². The summed E-state index contributed by atoms with van der Waals surface area (Å²) in [6.07, 6.45) is 1.12. The fourth-order valence-electron chi connectivity index (χ4n) is 0.801. The molecule has 0 radical (unpaired) electrons. The summed E-state index contributed by atoms with van der Waals surface area (Å²) in [6.45, 7) is 1.87. The van der Waals surface area contributed by atoms with Gasteiger partial charge in [-0.3, -0.25) is 0 Å². The molecule has 2 nitrogen and oxygen atoms in total. The summed E-state index contributed by atoms with van der Waals surface area (Å²) in [6, 6.07) is 4.65. The topological polar surface area (TPSA) is 33.1 Å². The van der Waals surface area contributed by atoms with E-state index in [0.29, 0.717) is 11.3 Å². The molecule has 1 rings (SSSR count). The average Bonchev–Trinajstić information content (AvgIpc) is 2.07. The minimum atomic E-state index is -0.280. The molecule has 64 valence electrons. The zero-order valence-corrected chi connectivity index (χ0v) is 6.80. The summed E-state index contributed by atoms with van der Waals surface area (Å²) in [5, 5.41) is 6.70. The lowest BCUT2D eigenvalue weighted by molar-refractivity contribution is 0.377. The van der Waals surface area contributed by atoms with Gasteiger partial charge < -0.3 is 10.1 Å². The van der Waals surface area contributed by atoms with Crippen LogP contribution < -0.4 is 4.74 Å². The Morgan fingerprint density at radius 3 is 2.92 bits per heavy atom. The van der Waals surface area contributed by atoms with Crippen molar-refractivity contribution < 1.29 is 9.13 Å². The summed E-state index contributed by atoms with van der Waals surface area (Å²) < 4.78 is 17.9. The van der Waals surface area contributed by atoms with Crippen LogP contribution in [0.5, 0.6) is 5.75 Å². The second-order valence-corrected chi connectivity index (χ2v) is 2.43. The third-order valence-electron chi connectivity index (χ3n) is 1.48. The molecular weight excluding hydrogens is 157 g/mol. The van der Waals surface area contributed by atoms with Gasteiger partial charge in [0.05, 0.1) is 0 Å². The largest absolute Gasteiger partial charge is 0.488 e. The van der Waals surface area contributed by atoms with Crippen LogP contribution in [0.3, 0.4) is 0 Å². The van der Waals surface area contributed by atoms with Crippen molar-refractivity contribution in [2.75, 3.05) is 6.61 Å². The van der Waals surface area contributed by atoms with Gasteiger partial charge in [0.1, 0.15) is 18.2 Å². The van der Waals surface area contributed by atoms with Gasteiger partial charge in [-0.15, -0.1) is 0 Å². The summed E-state index contributed by atoms with van der Waals surface area (Å²) in [4.78, 5) is 0. The summed E-state index contributed by atoms with van der Waals surface area (Å²) in [5.41, 5.74) is 0.595. The average molecular weight is 167 g/mol. The van der Waals surface area contributed by atoms with Crippen LogP contribution in [-0.4, -0.2) is 12.8 Å². The fraction of sp³-hybridized carbons (Fsp3) is 0.222. The van der Waals surface area contributed by atoms with Gasteiger partial charge in [-0.05, 0) is 18.6 Å². The summed E-state index contributed by atoms with van der Waals surface area (Å²) in [5.74, 6) is 0.180. The van der Waals surface area contributed by atoms with E-state index in [4.69, 9.17) is 10.1 Å². The van der Waals surface area contributed by atoms with Crippen molar-refractivity contribution in [1.29, 1.82) is 5.41 Å². The van der Waals surface area contributed by atoms with Gasteiger partial charge in [-0.2, -0.15) is 0 Å².